The predicted molar refractivity (Wildman–Crippen MR) is 60.2 cm³/mol. The molecule has 3 atom stereocenters. The van der Waals surface area contributed by atoms with E-state index in [-0.39, 0.29) is 18.2 Å². The maximum Gasteiger partial charge on any atom is 0.193 e. The molecule has 2 aliphatic rings. The molecule has 1 aliphatic carbocycles. The lowest BCUT2D eigenvalue weighted by molar-refractivity contribution is 0.254. The van der Waals surface area contributed by atoms with E-state index in [1.54, 1.807) is 0 Å². The summed E-state index contributed by atoms with van der Waals surface area (Å²) in [4.78, 5) is 3.40. The average molecular weight is 263 g/mol. The van der Waals surface area contributed by atoms with Gasteiger partial charge in [-0.15, -0.1) is 12.4 Å². The molecular formula is C11H13ClF2N2O. The zero-order valence-corrected chi connectivity index (χ0v) is 9.84. The third kappa shape index (κ3) is 2.21. The fraction of sp³-hybridized carbons (Fsp3) is 0.545. The Morgan fingerprint density at radius 3 is 2.41 bits per heavy atom. The number of halogens is 3. The van der Waals surface area contributed by atoms with Gasteiger partial charge in [0.25, 0.3) is 0 Å². The first-order valence-electron chi connectivity index (χ1n) is 5.40. The molecule has 0 spiro atoms. The van der Waals surface area contributed by atoms with Gasteiger partial charge >= 0.3 is 0 Å². The number of nitrogens with one attached hydrogen (secondary N) is 1. The van der Waals surface area contributed by atoms with E-state index in [1.165, 1.54) is 0 Å². The molecular weight excluding hydrogens is 250 g/mol. The summed E-state index contributed by atoms with van der Waals surface area (Å²) in [5, 5.41) is 3.26. The van der Waals surface area contributed by atoms with Gasteiger partial charge in [0.15, 0.2) is 17.4 Å². The first-order valence-corrected chi connectivity index (χ1v) is 5.40. The smallest absolute Gasteiger partial charge is 0.193 e. The van der Waals surface area contributed by atoms with E-state index in [0.717, 1.165) is 25.5 Å². The van der Waals surface area contributed by atoms with E-state index < -0.39 is 11.6 Å². The lowest BCUT2D eigenvalue weighted by Crippen LogP contribution is -2.18. The summed E-state index contributed by atoms with van der Waals surface area (Å²) in [6, 6.07) is 0. The molecule has 1 aromatic rings. The van der Waals surface area contributed by atoms with Crippen molar-refractivity contribution in [3.63, 3.8) is 0 Å². The Balaban J connectivity index is 0.00000108. The topological polar surface area (TPSA) is 34.1 Å². The molecule has 0 amide bonds. The van der Waals surface area contributed by atoms with Crippen LogP contribution in [0.1, 0.15) is 0 Å². The molecule has 17 heavy (non-hydrogen) atoms. The van der Waals surface area contributed by atoms with Crippen LogP contribution < -0.4 is 10.1 Å². The second-order valence-electron chi connectivity index (χ2n) is 4.39. The van der Waals surface area contributed by atoms with Crippen LogP contribution >= 0.6 is 12.4 Å². The summed E-state index contributed by atoms with van der Waals surface area (Å²) in [6.45, 7) is 2.40. The Morgan fingerprint density at radius 2 is 1.82 bits per heavy atom. The fourth-order valence-corrected chi connectivity index (χ4v) is 2.51. The Kier molecular flexibility index (Phi) is 3.49. The number of nitrogens with zero attached hydrogens (tertiary/aromatic N) is 1. The molecule has 0 unspecified atom stereocenters. The van der Waals surface area contributed by atoms with Crippen LogP contribution in [-0.2, 0) is 0 Å². The van der Waals surface area contributed by atoms with Crippen molar-refractivity contribution in [1.29, 1.82) is 0 Å². The molecule has 0 radical (unpaired) electrons. The van der Waals surface area contributed by atoms with E-state index in [1.807, 2.05) is 0 Å². The zero-order chi connectivity index (χ0) is 11.1. The third-order valence-electron chi connectivity index (χ3n) is 3.50. The summed E-state index contributed by atoms with van der Waals surface area (Å²) in [6.07, 6.45) is 1.93. The van der Waals surface area contributed by atoms with Crippen LogP contribution in [0.15, 0.2) is 12.4 Å². The largest absolute Gasteiger partial charge is 0.487 e. The van der Waals surface area contributed by atoms with E-state index >= 15 is 0 Å². The molecule has 94 valence electrons. The van der Waals surface area contributed by atoms with Gasteiger partial charge in [-0.25, -0.2) is 8.78 Å². The summed E-state index contributed by atoms with van der Waals surface area (Å²) < 4.78 is 31.6. The molecule has 1 saturated carbocycles. The summed E-state index contributed by atoms with van der Waals surface area (Å²) >= 11 is 0. The van der Waals surface area contributed by atoms with Crippen molar-refractivity contribution in [2.45, 2.75) is 0 Å². The van der Waals surface area contributed by atoms with Gasteiger partial charge in [-0.1, -0.05) is 0 Å². The van der Waals surface area contributed by atoms with Gasteiger partial charge in [0, 0.05) is 5.92 Å². The molecule has 2 heterocycles. The van der Waals surface area contributed by atoms with Crippen LogP contribution in [-0.4, -0.2) is 24.7 Å². The Morgan fingerprint density at radius 1 is 1.24 bits per heavy atom. The van der Waals surface area contributed by atoms with Gasteiger partial charge in [0.2, 0.25) is 0 Å². The van der Waals surface area contributed by atoms with Crippen LogP contribution in [0.4, 0.5) is 8.78 Å². The standard InChI is InChI=1S/C11H12F2N2O.ClH/c12-9-3-15-4-10(13)11(9)16-5-8-6-1-14-2-7(6)8;/h3-4,6-8,14H,1-2,5H2;1H/t6-,7+,8-;. The highest BCUT2D eigenvalue weighted by Gasteiger charge is 2.53. The van der Waals surface area contributed by atoms with Gasteiger partial charge in [-0.3, -0.25) is 4.98 Å². The molecule has 6 heteroatoms. The molecule has 2 fully saturated rings. The summed E-state index contributed by atoms with van der Waals surface area (Å²) in [5.74, 6) is -0.0464. The zero-order valence-electron chi connectivity index (χ0n) is 9.03. The van der Waals surface area contributed by atoms with Gasteiger partial charge in [0.1, 0.15) is 0 Å². The number of ether oxygens (including phenoxy) is 1. The number of hydrogen-bond acceptors (Lipinski definition) is 3. The van der Waals surface area contributed by atoms with Gasteiger partial charge < -0.3 is 10.1 Å². The normalized spacial score (nSPS) is 29.4. The number of rotatable bonds is 3. The number of aromatic nitrogens is 1. The Bertz CT molecular complexity index is 388. The highest BCUT2D eigenvalue weighted by atomic mass is 35.5. The Hall–Kier alpha value is -0.940. The van der Waals surface area contributed by atoms with Crippen LogP contribution in [0.2, 0.25) is 0 Å². The number of pyridine rings is 1. The van der Waals surface area contributed by atoms with Gasteiger partial charge in [-0.2, -0.15) is 0 Å². The van der Waals surface area contributed by atoms with Crippen molar-refractivity contribution in [3.8, 4) is 5.75 Å². The van der Waals surface area contributed by atoms with Crippen LogP contribution in [0, 0.1) is 29.4 Å². The quantitative estimate of drug-likeness (QED) is 0.899. The highest BCUT2D eigenvalue weighted by molar-refractivity contribution is 5.85. The number of fused-ring (bicyclic) bond motifs is 1. The first-order chi connectivity index (χ1) is 7.77. The molecule has 1 saturated heterocycles. The summed E-state index contributed by atoms with van der Waals surface area (Å²) in [5.41, 5.74) is 0. The molecule has 0 aromatic carbocycles. The number of hydrogen-bond donors (Lipinski definition) is 1. The van der Waals surface area contributed by atoms with E-state index in [4.69, 9.17) is 4.74 Å². The minimum absolute atomic E-state index is 0. The van der Waals surface area contributed by atoms with Crippen LogP contribution in [0.25, 0.3) is 0 Å². The van der Waals surface area contributed by atoms with E-state index in [9.17, 15) is 8.78 Å². The van der Waals surface area contributed by atoms with E-state index in [0.29, 0.717) is 24.4 Å². The third-order valence-corrected chi connectivity index (χ3v) is 3.50. The lowest BCUT2D eigenvalue weighted by atomic mass is 10.3. The second kappa shape index (κ2) is 4.74. The van der Waals surface area contributed by atoms with Crippen molar-refractivity contribution in [2.24, 2.45) is 17.8 Å². The van der Waals surface area contributed by atoms with Crippen LogP contribution in [0.5, 0.6) is 5.75 Å². The molecule has 1 aliphatic heterocycles. The van der Waals surface area contributed by atoms with Crippen molar-refractivity contribution >= 4 is 12.4 Å². The minimum atomic E-state index is -0.732. The Labute approximate surface area is 104 Å². The maximum absolute atomic E-state index is 13.2. The molecule has 0 bridgehead atoms. The van der Waals surface area contributed by atoms with Gasteiger partial charge in [0.05, 0.1) is 19.0 Å². The number of piperidine rings is 1. The predicted octanol–water partition coefficient (Wildman–Crippen LogP) is 1.63. The minimum Gasteiger partial charge on any atom is -0.487 e. The SMILES string of the molecule is Cl.Fc1cncc(F)c1OC[C@@H]1[C@@H]2CNC[C@@H]21. The lowest BCUT2D eigenvalue weighted by Gasteiger charge is -2.09. The van der Waals surface area contributed by atoms with E-state index in [2.05, 4.69) is 10.3 Å². The van der Waals surface area contributed by atoms with Crippen molar-refractivity contribution in [2.75, 3.05) is 19.7 Å². The van der Waals surface area contributed by atoms with Crippen molar-refractivity contribution < 1.29 is 13.5 Å². The molecule has 1 aromatic heterocycles. The maximum atomic E-state index is 13.2. The van der Waals surface area contributed by atoms with Crippen LogP contribution in [0.3, 0.4) is 0 Å². The van der Waals surface area contributed by atoms with Gasteiger partial charge in [-0.05, 0) is 24.9 Å². The van der Waals surface area contributed by atoms with Crippen molar-refractivity contribution in [1.82, 2.24) is 10.3 Å². The summed E-state index contributed by atoms with van der Waals surface area (Å²) in [7, 11) is 0. The highest BCUT2D eigenvalue weighted by Crippen LogP contribution is 2.48. The molecule has 3 nitrogen and oxygen atoms in total. The monoisotopic (exact) mass is 262 g/mol. The fourth-order valence-electron chi connectivity index (χ4n) is 2.51. The average Bonchev–Trinajstić information content (AvgIpc) is 2.72. The molecule has 1 N–H and O–H groups in total. The first kappa shape index (κ1) is 12.5. The molecule has 3 rings (SSSR count). The second-order valence-corrected chi connectivity index (χ2v) is 4.39. The van der Waals surface area contributed by atoms with Crippen molar-refractivity contribution in [3.05, 3.63) is 24.0 Å².